The Morgan fingerprint density at radius 3 is 1.98 bits per heavy atom. The van der Waals surface area contributed by atoms with Gasteiger partial charge >= 0.3 is 5.97 Å². The molecule has 0 saturated carbocycles. The van der Waals surface area contributed by atoms with Crippen LogP contribution < -0.4 is 0 Å². The minimum Gasteiger partial charge on any atom is -0.455 e. The predicted octanol–water partition coefficient (Wildman–Crippen LogP) is 16.5. The lowest BCUT2D eigenvalue weighted by Gasteiger charge is -2.56. The maximum absolute atomic E-state index is 14.4. The summed E-state index contributed by atoms with van der Waals surface area (Å²) in [6, 6.07) is 9.23. The number of esters is 1. The van der Waals surface area contributed by atoms with E-state index in [0.29, 0.717) is 55.9 Å². The molecule has 5 saturated heterocycles. The van der Waals surface area contributed by atoms with Crippen LogP contribution in [0.1, 0.15) is 191 Å². The topological polar surface area (TPSA) is 134 Å². The van der Waals surface area contributed by atoms with E-state index in [9.17, 15) is 14.4 Å². The lowest BCUT2D eigenvalue weighted by molar-refractivity contribution is -0.266. The van der Waals surface area contributed by atoms with E-state index in [1.807, 2.05) is 24.3 Å². The van der Waals surface area contributed by atoms with E-state index in [0.717, 1.165) is 49.2 Å². The van der Waals surface area contributed by atoms with Crippen LogP contribution in [0, 0.1) is 23.7 Å². The van der Waals surface area contributed by atoms with E-state index in [4.69, 9.17) is 41.7 Å². The summed E-state index contributed by atoms with van der Waals surface area (Å²) in [5.74, 6) is 0.745. The molecule has 3 unspecified atom stereocenters. The van der Waals surface area contributed by atoms with Gasteiger partial charge in [-0.3, -0.25) is 4.79 Å². The molecule has 12 nitrogen and oxygen atoms in total. The molecule has 1 aromatic rings. The van der Waals surface area contributed by atoms with Crippen molar-refractivity contribution in [3.8, 4) is 0 Å². The molecule has 0 aromatic heterocycles. The van der Waals surface area contributed by atoms with Gasteiger partial charge in [0.25, 0.3) is 0 Å². The van der Waals surface area contributed by atoms with Crippen LogP contribution in [-0.2, 0) is 51.3 Å². The van der Waals surface area contributed by atoms with Crippen molar-refractivity contribution < 1.29 is 56.1 Å². The van der Waals surface area contributed by atoms with Crippen LogP contribution in [0.5, 0.6) is 0 Å². The molecule has 6 rings (SSSR count). The Morgan fingerprint density at radius 1 is 0.774 bits per heavy atom. The van der Waals surface area contributed by atoms with Gasteiger partial charge in [0.05, 0.1) is 54.4 Å². The molecule has 84 heavy (non-hydrogen) atoms. The Labute approximate surface area is 526 Å². The van der Waals surface area contributed by atoms with Crippen LogP contribution in [0.3, 0.4) is 0 Å². The lowest BCUT2D eigenvalue weighted by Crippen LogP contribution is -2.69. The molecule has 0 bridgehead atoms. The highest BCUT2D eigenvalue weighted by molar-refractivity contribution is 14.1. The monoisotopic (exact) mass is 1330 g/mol. The molecule has 0 N–H and O–H groups in total. The van der Waals surface area contributed by atoms with Gasteiger partial charge in [0.1, 0.15) is 48.2 Å². The summed E-state index contributed by atoms with van der Waals surface area (Å²) in [4.78, 5) is 40.6. The van der Waals surface area contributed by atoms with Crippen molar-refractivity contribution >= 4 is 65.6 Å². The number of hydrogen-bond donors (Lipinski definition) is 0. The van der Waals surface area contributed by atoms with Crippen LogP contribution in [0.4, 0.5) is 0 Å². The zero-order valence-corrected chi connectivity index (χ0v) is 61.0. The Hall–Kier alpha value is -1.43. The number of allylic oxidation sites excluding steroid dienone is 1. The Balaban J connectivity index is 1.37. The van der Waals surface area contributed by atoms with Gasteiger partial charge in [-0.25, -0.2) is 4.79 Å². The Kier molecular flexibility index (Phi) is 24.9. The van der Waals surface area contributed by atoms with Crippen molar-refractivity contribution in [1.29, 1.82) is 0 Å². The number of carbonyl (C=O) groups is 3. The first kappa shape index (κ1) is 71.6. The summed E-state index contributed by atoms with van der Waals surface area (Å²) in [6.07, 6.45) is 9.62. The highest BCUT2D eigenvalue weighted by Gasteiger charge is 2.59. The molecule has 0 amide bonds. The van der Waals surface area contributed by atoms with Crippen molar-refractivity contribution in [2.24, 2.45) is 23.7 Å². The summed E-state index contributed by atoms with van der Waals surface area (Å²) >= 11 is 2.49. The van der Waals surface area contributed by atoms with Gasteiger partial charge in [0.15, 0.2) is 25.0 Å². The molecule has 0 radical (unpaired) electrons. The fraction of sp³-hybridized carbons (Fsp3) is 0.809. The van der Waals surface area contributed by atoms with Gasteiger partial charge in [-0.05, 0) is 155 Å². The number of alkyl halides is 1. The lowest BCUT2D eigenvalue weighted by atomic mass is 9.80. The first-order chi connectivity index (χ1) is 38.9. The van der Waals surface area contributed by atoms with Gasteiger partial charge in [0, 0.05) is 30.1 Å². The first-order valence-electron chi connectivity index (χ1n) is 32.4. The normalized spacial score (nSPS) is 32.3. The second-order valence-electron chi connectivity index (χ2n) is 31.0. The van der Waals surface area contributed by atoms with Crippen molar-refractivity contribution in [2.45, 2.75) is 320 Å². The number of Topliss-reactive ketones (excluding diaryl/α,β-unsaturated/α-hetero) is 1. The third-order valence-electron chi connectivity index (χ3n) is 21.4. The average molecular weight is 1340 g/mol. The molecular formula is C68H115IO12Si3. The second kappa shape index (κ2) is 29.2. The number of carbonyl (C=O) groups excluding carboxylic acids is 3. The number of fused-ring (bicyclic) bond motifs is 2. The quantitative estimate of drug-likeness (QED) is 0.0207. The van der Waals surface area contributed by atoms with Crippen molar-refractivity contribution in [1.82, 2.24) is 0 Å². The zero-order chi connectivity index (χ0) is 62.5. The van der Waals surface area contributed by atoms with E-state index in [1.165, 1.54) is 5.57 Å². The number of aldehydes is 1. The summed E-state index contributed by atoms with van der Waals surface area (Å²) in [5.41, 5.74) is 1.31. The zero-order valence-electron chi connectivity index (χ0n) is 55.8. The van der Waals surface area contributed by atoms with Gasteiger partial charge in [0.2, 0.25) is 0 Å². The Bertz CT molecular complexity index is 2340. The van der Waals surface area contributed by atoms with Crippen LogP contribution in [0.15, 0.2) is 54.6 Å². The molecule has 5 heterocycles. The second-order valence-corrected chi connectivity index (χ2v) is 46.1. The summed E-state index contributed by atoms with van der Waals surface area (Å²) in [6.45, 7) is 49.3. The van der Waals surface area contributed by atoms with Gasteiger partial charge in [-0.1, -0.05) is 155 Å². The van der Waals surface area contributed by atoms with E-state index >= 15 is 0 Å². The molecular weight excluding hydrogens is 1220 g/mol. The molecule has 5 aliphatic heterocycles. The standard InChI is InChI=1S/C68H115IO12Si3/c1-22-45(4)38-58-47(6)54(55(76-58)36-37-70)41-49(71)40-51-31-33-56-60(74-51)62(80-83(18,19)66(10,11)12)63(81-84(20,21)67(13,14)15)61(77-56)57(79-82(16,17)65(7,8)9)34-30-50(75-64(72)48-26-24-23-25-27-48)28-29-53-42-68(43-69)59(73-53)35-32-52(78-68)39-46(5)44(2)3/h23-27,30,34,37,45-47,50-63H,2,22,28-29,31-33,35-36,38-43H2,1,3-21H3/b34-30+/t45-,46-,47-,50?,51-,52-,53?,54?,55+,56+,57+,58-,59+,60+,61+,62+,63-,68-/m1/s1. The fourth-order valence-corrected chi connectivity index (χ4v) is 17.2. The molecule has 5 fully saturated rings. The van der Waals surface area contributed by atoms with E-state index < -0.39 is 67.5 Å². The maximum atomic E-state index is 14.4. The molecule has 478 valence electrons. The molecule has 16 heteroatoms. The molecule has 0 spiro atoms. The van der Waals surface area contributed by atoms with Gasteiger partial charge in [-0.15, -0.1) is 0 Å². The van der Waals surface area contributed by atoms with Crippen LogP contribution in [0.2, 0.25) is 54.4 Å². The third-order valence-corrected chi connectivity index (χ3v) is 36.1. The maximum Gasteiger partial charge on any atom is 0.338 e. The predicted molar refractivity (Wildman–Crippen MR) is 355 cm³/mol. The van der Waals surface area contributed by atoms with E-state index in [-0.39, 0.29) is 87.5 Å². The number of ketones is 1. The Morgan fingerprint density at radius 2 is 1.39 bits per heavy atom. The summed E-state index contributed by atoms with van der Waals surface area (Å²) in [7, 11) is -7.81. The average Bonchev–Trinajstić information content (AvgIpc) is 3.04. The fourth-order valence-electron chi connectivity index (χ4n) is 12.3. The number of rotatable bonds is 27. The third kappa shape index (κ3) is 18.0. The molecule has 1 aromatic carbocycles. The molecule has 18 atom stereocenters. The number of ether oxygens (including phenoxy) is 6. The van der Waals surface area contributed by atoms with Crippen LogP contribution in [0.25, 0.3) is 0 Å². The minimum absolute atomic E-state index is 0.00953. The van der Waals surface area contributed by atoms with Crippen LogP contribution >= 0.6 is 22.6 Å². The van der Waals surface area contributed by atoms with Gasteiger partial charge < -0.3 is 46.5 Å². The van der Waals surface area contributed by atoms with E-state index in [2.05, 4.69) is 171 Å². The largest absolute Gasteiger partial charge is 0.455 e. The smallest absolute Gasteiger partial charge is 0.338 e. The van der Waals surface area contributed by atoms with Crippen molar-refractivity contribution in [3.05, 3.63) is 60.2 Å². The number of halogens is 1. The van der Waals surface area contributed by atoms with Crippen molar-refractivity contribution in [2.75, 3.05) is 4.43 Å². The summed E-state index contributed by atoms with van der Waals surface area (Å²) in [5, 5.41) is -0.509. The van der Waals surface area contributed by atoms with Crippen LogP contribution in [-0.4, -0.2) is 132 Å². The minimum atomic E-state index is -2.63. The number of hydrogen-bond acceptors (Lipinski definition) is 12. The summed E-state index contributed by atoms with van der Waals surface area (Å²) < 4.78 is 66.1. The first-order valence-corrected chi connectivity index (χ1v) is 42.6. The molecule has 0 aliphatic carbocycles. The number of benzene rings is 1. The molecule has 5 aliphatic rings. The van der Waals surface area contributed by atoms with Crippen molar-refractivity contribution in [3.63, 3.8) is 0 Å². The highest BCUT2D eigenvalue weighted by Crippen LogP contribution is 2.49. The van der Waals surface area contributed by atoms with E-state index in [1.54, 1.807) is 12.1 Å². The highest BCUT2D eigenvalue weighted by atomic mass is 127. The van der Waals surface area contributed by atoms with Gasteiger partial charge in [-0.2, -0.15) is 0 Å². The SMILES string of the molecule is C=C(C)[C@H](C)C[C@H]1CC[C@@H]2OC(CCC(/C=C/[C@H](O[Si](C)(C)C(C)(C)C)[C@@H]3O[C@H]4CC[C@H](CC(=O)CC5[C@H](CC=O)O[C@H](C[C@H](C)CC)[C@@H]5C)O[C@@H]4[C@H](O[Si](C)(C)C(C)(C)C)[C@@H]3O[Si](C)(C)C(C)(C)C)OC(=O)c3ccccc3)C[C@]2(CI)O1.